The van der Waals surface area contributed by atoms with Crippen LogP contribution in [0.2, 0.25) is 0 Å². The number of aryl methyl sites for hydroxylation is 1. The lowest BCUT2D eigenvalue weighted by molar-refractivity contribution is 0.0317. The lowest BCUT2D eigenvalue weighted by Crippen LogP contribution is -2.42. The summed E-state index contributed by atoms with van der Waals surface area (Å²) in [6.07, 6.45) is 1.34. The topological polar surface area (TPSA) is 86.3 Å². The first-order chi connectivity index (χ1) is 9.74. The zero-order valence-corrected chi connectivity index (χ0v) is 13.4. The van der Waals surface area contributed by atoms with Crippen LogP contribution < -0.4 is 5.56 Å². The number of hydrogen-bond donors (Lipinski definition) is 2. The van der Waals surface area contributed by atoms with Gasteiger partial charge in [-0.3, -0.25) is 9.59 Å². The van der Waals surface area contributed by atoms with Crippen molar-refractivity contribution in [3.8, 4) is 0 Å². The number of fused-ring (bicyclic) bond motifs is 1. The van der Waals surface area contributed by atoms with Crippen LogP contribution >= 0.6 is 11.3 Å². The molecule has 2 rings (SSSR count). The van der Waals surface area contributed by atoms with Gasteiger partial charge in [-0.25, -0.2) is 4.98 Å². The number of amides is 1. The Morgan fingerprint density at radius 2 is 2.19 bits per heavy atom. The number of aliphatic hydroxyl groups is 1. The number of aromatic nitrogens is 2. The van der Waals surface area contributed by atoms with Gasteiger partial charge in [0.25, 0.3) is 11.5 Å². The second-order valence-corrected chi connectivity index (χ2v) is 6.60. The molecule has 0 aliphatic carbocycles. The molecule has 0 saturated heterocycles. The third-order valence-electron chi connectivity index (χ3n) is 3.17. The van der Waals surface area contributed by atoms with Gasteiger partial charge in [-0.2, -0.15) is 0 Å². The number of aromatic amines is 1. The van der Waals surface area contributed by atoms with E-state index < -0.39 is 5.60 Å². The summed E-state index contributed by atoms with van der Waals surface area (Å²) in [6.45, 7) is 7.65. The molecule has 21 heavy (non-hydrogen) atoms. The van der Waals surface area contributed by atoms with Crippen molar-refractivity contribution < 1.29 is 9.90 Å². The van der Waals surface area contributed by atoms with Gasteiger partial charge in [0.15, 0.2) is 0 Å². The number of carbonyl (C=O) groups excluding carboxylic acids is 1. The molecule has 0 radical (unpaired) electrons. The average Bonchev–Trinajstić information content (AvgIpc) is 2.73. The largest absolute Gasteiger partial charge is 0.389 e. The van der Waals surface area contributed by atoms with Crippen LogP contribution in [0.15, 0.2) is 11.1 Å². The van der Waals surface area contributed by atoms with Crippen molar-refractivity contribution >= 4 is 27.5 Å². The zero-order chi connectivity index (χ0) is 15.8. The molecule has 0 atom stereocenters. The predicted octanol–water partition coefficient (Wildman–Crippen LogP) is 1.53. The summed E-state index contributed by atoms with van der Waals surface area (Å²) in [7, 11) is 0. The van der Waals surface area contributed by atoms with E-state index in [1.807, 2.05) is 6.92 Å². The van der Waals surface area contributed by atoms with Crippen molar-refractivity contribution in [3.05, 3.63) is 27.1 Å². The maximum atomic E-state index is 12.6. The fraction of sp³-hybridized carbons (Fsp3) is 0.500. The highest BCUT2D eigenvalue weighted by Crippen LogP contribution is 2.28. The number of thiophene rings is 1. The molecule has 2 heterocycles. The monoisotopic (exact) mass is 309 g/mol. The highest BCUT2D eigenvalue weighted by atomic mass is 32.1. The van der Waals surface area contributed by atoms with E-state index in [1.165, 1.54) is 17.7 Å². The van der Waals surface area contributed by atoms with Crippen LogP contribution in [-0.4, -0.2) is 44.6 Å². The average molecular weight is 309 g/mol. The second-order valence-electron chi connectivity index (χ2n) is 5.60. The van der Waals surface area contributed by atoms with Gasteiger partial charge >= 0.3 is 0 Å². The quantitative estimate of drug-likeness (QED) is 0.896. The Balaban J connectivity index is 2.46. The molecule has 7 heteroatoms. The van der Waals surface area contributed by atoms with E-state index >= 15 is 0 Å². The Labute approximate surface area is 126 Å². The van der Waals surface area contributed by atoms with Crippen molar-refractivity contribution in [1.82, 2.24) is 14.9 Å². The van der Waals surface area contributed by atoms with E-state index in [-0.39, 0.29) is 18.0 Å². The first-order valence-electron chi connectivity index (χ1n) is 6.73. The van der Waals surface area contributed by atoms with Gasteiger partial charge < -0.3 is 15.0 Å². The first-order valence-corrected chi connectivity index (χ1v) is 7.54. The number of H-pyrrole nitrogens is 1. The van der Waals surface area contributed by atoms with Crippen LogP contribution in [-0.2, 0) is 0 Å². The van der Waals surface area contributed by atoms with Gasteiger partial charge in [-0.05, 0) is 33.3 Å². The van der Waals surface area contributed by atoms with E-state index in [0.29, 0.717) is 27.2 Å². The van der Waals surface area contributed by atoms with E-state index in [0.717, 1.165) is 0 Å². The first kappa shape index (κ1) is 15.7. The standard InChI is InChI=1S/C14H19N3O3S/c1-5-17(6-14(3,4)20)13(19)10-8(2)9-11(18)15-7-16-12(9)21-10/h7,20H,5-6H2,1-4H3,(H,15,16,18). The molecule has 114 valence electrons. The van der Waals surface area contributed by atoms with Crippen molar-refractivity contribution in [1.29, 1.82) is 0 Å². The minimum absolute atomic E-state index is 0.181. The summed E-state index contributed by atoms with van der Waals surface area (Å²) in [5.41, 5.74) is -0.562. The van der Waals surface area contributed by atoms with E-state index in [2.05, 4.69) is 9.97 Å². The molecule has 0 saturated carbocycles. The molecular formula is C14H19N3O3S. The number of likely N-dealkylation sites (N-methyl/N-ethyl adjacent to an activating group) is 1. The number of hydrogen-bond acceptors (Lipinski definition) is 5. The Bertz CT molecular complexity index is 727. The van der Waals surface area contributed by atoms with Crippen molar-refractivity contribution in [2.75, 3.05) is 13.1 Å². The highest BCUT2D eigenvalue weighted by Gasteiger charge is 2.26. The van der Waals surface area contributed by atoms with Crippen LogP contribution in [0.25, 0.3) is 10.2 Å². The lowest BCUT2D eigenvalue weighted by atomic mass is 10.1. The Morgan fingerprint density at radius 3 is 2.71 bits per heavy atom. The van der Waals surface area contributed by atoms with Crippen LogP contribution in [0, 0.1) is 6.92 Å². The minimum Gasteiger partial charge on any atom is -0.389 e. The van der Waals surface area contributed by atoms with Crippen molar-refractivity contribution in [2.45, 2.75) is 33.3 Å². The maximum absolute atomic E-state index is 12.6. The molecule has 0 aromatic carbocycles. The van der Waals surface area contributed by atoms with Gasteiger partial charge in [-0.15, -0.1) is 11.3 Å². The molecule has 1 amide bonds. The number of rotatable bonds is 4. The van der Waals surface area contributed by atoms with Crippen LogP contribution in [0.1, 0.15) is 36.0 Å². The number of nitrogens with one attached hydrogen (secondary N) is 1. The third-order valence-corrected chi connectivity index (χ3v) is 4.36. The smallest absolute Gasteiger partial charge is 0.264 e. The molecule has 0 unspecified atom stereocenters. The molecular weight excluding hydrogens is 290 g/mol. The van der Waals surface area contributed by atoms with E-state index in [4.69, 9.17) is 0 Å². The molecule has 0 aliphatic rings. The molecule has 6 nitrogen and oxygen atoms in total. The normalized spacial score (nSPS) is 11.9. The van der Waals surface area contributed by atoms with Crippen molar-refractivity contribution in [2.24, 2.45) is 0 Å². The van der Waals surface area contributed by atoms with Gasteiger partial charge in [0, 0.05) is 13.1 Å². The van der Waals surface area contributed by atoms with Gasteiger partial charge in [0.1, 0.15) is 4.83 Å². The van der Waals surface area contributed by atoms with E-state index in [1.54, 1.807) is 25.7 Å². The van der Waals surface area contributed by atoms with E-state index in [9.17, 15) is 14.7 Å². The molecule has 0 spiro atoms. The fourth-order valence-electron chi connectivity index (χ4n) is 2.22. The summed E-state index contributed by atoms with van der Waals surface area (Å²) in [5, 5.41) is 10.4. The minimum atomic E-state index is -0.966. The van der Waals surface area contributed by atoms with Gasteiger partial charge in [0.05, 0.1) is 22.2 Å². The van der Waals surface area contributed by atoms with Crippen molar-refractivity contribution in [3.63, 3.8) is 0 Å². The summed E-state index contributed by atoms with van der Waals surface area (Å²) in [5.74, 6) is -0.181. The molecule has 2 N–H and O–H groups in total. The van der Waals surface area contributed by atoms with Crippen LogP contribution in [0.5, 0.6) is 0 Å². The molecule has 2 aromatic rings. The Kier molecular flexibility index (Phi) is 4.15. The Morgan fingerprint density at radius 1 is 1.52 bits per heavy atom. The highest BCUT2D eigenvalue weighted by molar-refractivity contribution is 7.20. The molecule has 0 aliphatic heterocycles. The third kappa shape index (κ3) is 3.14. The predicted molar refractivity (Wildman–Crippen MR) is 82.9 cm³/mol. The van der Waals surface area contributed by atoms with Crippen LogP contribution in [0.3, 0.4) is 0 Å². The molecule has 0 fully saturated rings. The fourth-order valence-corrected chi connectivity index (χ4v) is 3.34. The molecule has 0 bridgehead atoms. The summed E-state index contributed by atoms with van der Waals surface area (Å²) >= 11 is 1.21. The SMILES string of the molecule is CCN(CC(C)(C)O)C(=O)c1sc2nc[nH]c(=O)c2c1C. The number of nitrogens with zero attached hydrogens (tertiary/aromatic N) is 2. The zero-order valence-electron chi connectivity index (χ0n) is 12.6. The summed E-state index contributed by atoms with van der Waals surface area (Å²) in [4.78, 5) is 33.8. The lowest BCUT2D eigenvalue weighted by Gasteiger charge is -2.27. The summed E-state index contributed by atoms with van der Waals surface area (Å²) in [6, 6.07) is 0. The van der Waals surface area contributed by atoms with Gasteiger partial charge in [-0.1, -0.05) is 0 Å². The Hall–Kier alpha value is -1.73. The second kappa shape index (κ2) is 5.57. The number of carbonyl (C=O) groups is 1. The molecule has 2 aromatic heterocycles. The van der Waals surface area contributed by atoms with Gasteiger partial charge in [0.2, 0.25) is 0 Å². The maximum Gasteiger partial charge on any atom is 0.264 e. The van der Waals surface area contributed by atoms with Crippen LogP contribution in [0.4, 0.5) is 0 Å². The summed E-state index contributed by atoms with van der Waals surface area (Å²) < 4.78 is 0.